The van der Waals surface area contributed by atoms with Crippen molar-refractivity contribution in [3.8, 4) is 0 Å². The molecular formula is C13H22N4OS. The summed E-state index contributed by atoms with van der Waals surface area (Å²) in [5, 5.41) is 4.49. The van der Waals surface area contributed by atoms with Gasteiger partial charge in [0.05, 0.1) is 10.7 Å². The molecule has 1 aromatic heterocycles. The van der Waals surface area contributed by atoms with Crippen LogP contribution in [0.15, 0.2) is 6.07 Å². The predicted octanol–water partition coefficient (Wildman–Crippen LogP) is 1.54. The van der Waals surface area contributed by atoms with Crippen molar-refractivity contribution in [1.29, 1.82) is 0 Å². The number of amides is 1. The topological polar surface area (TPSA) is 61.6 Å². The van der Waals surface area contributed by atoms with Crippen molar-refractivity contribution < 1.29 is 4.79 Å². The first kappa shape index (κ1) is 14.1. The highest BCUT2D eigenvalue weighted by atomic mass is 32.1. The van der Waals surface area contributed by atoms with Crippen LogP contribution in [0.1, 0.15) is 22.5 Å². The van der Waals surface area contributed by atoms with E-state index in [2.05, 4.69) is 17.3 Å². The number of nitrogen functional groups attached to an aromatic ring is 1. The number of rotatable bonds is 3. The van der Waals surface area contributed by atoms with Crippen molar-refractivity contribution in [3.05, 3.63) is 10.9 Å². The number of anilines is 2. The summed E-state index contributed by atoms with van der Waals surface area (Å²) in [6.07, 6.45) is 2.26. The summed E-state index contributed by atoms with van der Waals surface area (Å²) < 4.78 is 0. The van der Waals surface area contributed by atoms with Crippen molar-refractivity contribution in [1.82, 2.24) is 9.80 Å². The summed E-state index contributed by atoms with van der Waals surface area (Å²) in [4.78, 5) is 16.5. The molecule has 1 aromatic rings. The van der Waals surface area contributed by atoms with Gasteiger partial charge in [0.2, 0.25) is 0 Å². The molecule has 1 saturated heterocycles. The van der Waals surface area contributed by atoms with Crippen LogP contribution in [0.4, 0.5) is 10.7 Å². The molecule has 106 valence electrons. The standard InChI is InChI=1S/C13H22N4OS/c1-16(2)13(18)12-10(14)8-11(19-12)15-9-4-6-17(3)7-5-9/h8-9,15H,4-7,14H2,1-3H3. The van der Waals surface area contributed by atoms with Crippen LogP contribution >= 0.6 is 11.3 Å². The Morgan fingerprint density at radius 3 is 2.68 bits per heavy atom. The van der Waals surface area contributed by atoms with Crippen LogP contribution in [0.3, 0.4) is 0 Å². The average molecular weight is 282 g/mol. The van der Waals surface area contributed by atoms with Gasteiger partial charge in [0, 0.05) is 20.1 Å². The number of piperidine rings is 1. The summed E-state index contributed by atoms with van der Waals surface area (Å²) in [5.41, 5.74) is 6.49. The Morgan fingerprint density at radius 1 is 1.47 bits per heavy atom. The SMILES string of the molecule is CN1CCC(Nc2cc(N)c(C(=O)N(C)C)s2)CC1. The van der Waals surface area contributed by atoms with E-state index >= 15 is 0 Å². The molecule has 1 aliphatic heterocycles. The molecule has 0 unspecified atom stereocenters. The van der Waals surface area contributed by atoms with Gasteiger partial charge >= 0.3 is 0 Å². The van der Waals surface area contributed by atoms with E-state index in [9.17, 15) is 4.79 Å². The highest BCUT2D eigenvalue weighted by Gasteiger charge is 2.20. The number of carbonyl (C=O) groups is 1. The molecular weight excluding hydrogens is 260 g/mol. The van der Waals surface area contributed by atoms with Crippen LogP contribution in [0.5, 0.6) is 0 Å². The van der Waals surface area contributed by atoms with E-state index in [1.807, 2.05) is 6.07 Å². The largest absolute Gasteiger partial charge is 0.397 e. The summed E-state index contributed by atoms with van der Waals surface area (Å²) >= 11 is 1.45. The first-order valence-electron chi connectivity index (χ1n) is 6.53. The molecule has 0 atom stereocenters. The van der Waals surface area contributed by atoms with Gasteiger partial charge in [0.15, 0.2) is 0 Å². The van der Waals surface area contributed by atoms with Gasteiger partial charge in [-0.2, -0.15) is 0 Å². The van der Waals surface area contributed by atoms with Crippen LogP contribution < -0.4 is 11.1 Å². The van der Waals surface area contributed by atoms with Crippen molar-refractivity contribution in [2.24, 2.45) is 0 Å². The van der Waals surface area contributed by atoms with Gasteiger partial charge in [-0.15, -0.1) is 11.3 Å². The van der Waals surface area contributed by atoms with Gasteiger partial charge in [-0.1, -0.05) is 0 Å². The van der Waals surface area contributed by atoms with E-state index in [4.69, 9.17) is 5.73 Å². The van der Waals surface area contributed by atoms with Crippen LogP contribution in [-0.4, -0.2) is 56.0 Å². The highest BCUT2D eigenvalue weighted by Crippen LogP contribution is 2.31. The smallest absolute Gasteiger partial charge is 0.265 e. The fourth-order valence-electron chi connectivity index (χ4n) is 2.20. The fraction of sp³-hybridized carbons (Fsp3) is 0.615. The number of likely N-dealkylation sites (tertiary alicyclic amines) is 1. The maximum atomic E-state index is 11.9. The van der Waals surface area contributed by atoms with Gasteiger partial charge < -0.3 is 20.9 Å². The highest BCUT2D eigenvalue weighted by molar-refractivity contribution is 7.18. The minimum absolute atomic E-state index is 0.0288. The third kappa shape index (κ3) is 3.39. The van der Waals surface area contributed by atoms with Crippen LogP contribution in [0, 0.1) is 0 Å². The molecule has 0 radical (unpaired) electrons. The van der Waals surface area contributed by atoms with Crippen LogP contribution in [0.25, 0.3) is 0 Å². The van der Waals surface area contributed by atoms with Gasteiger partial charge in [-0.3, -0.25) is 4.79 Å². The molecule has 5 nitrogen and oxygen atoms in total. The molecule has 3 N–H and O–H groups in total. The van der Waals surface area contributed by atoms with Crippen molar-refractivity contribution >= 4 is 27.9 Å². The number of thiophene rings is 1. The molecule has 0 spiro atoms. The number of nitrogens with zero attached hydrogens (tertiary/aromatic N) is 2. The minimum Gasteiger partial charge on any atom is -0.397 e. The van der Waals surface area contributed by atoms with Gasteiger partial charge in [-0.05, 0) is 39.0 Å². The van der Waals surface area contributed by atoms with Crippen molar-refractivity contribution in [2.75, 3.05) is 45.3 Å². The summed E-state index contributed by atoms with van der Waals surface area (Å²) in [5.74, 6) is -0.0288. The third-order valence-electron chi connectivity index (χ3n) is 3.43. The zero-order valence-electron chi connectivity index (χ0n) is 11.8. The second-order valence-corrected chi connectivity index (χ2v) is 6.37. The van der Waals surface area contributed by atoms with E-state index in [1.165, 1.54) is 11.3 Å². The Balaban J connectivity index is 2.02. The fourth-order valence-corrected chi connectivity index (χ4v) is 3.28. The van der Waals surface area contributed by atoms with Crippen LogP contribution in [-0.2, 0) is 0 Å². The van der Waals surface area contributed by atoms with Crippen molar-refractivity contribution in [2.45, 2.75) is 18.9 Å². The predicted molar refractivity (Wildman–Crippen MR) is 80.9 cm³/mol. The lowest BCUT2D eigenvalue weighted by molar-refractivity contribution is 0.0833. The zero-order valence-corrected chi connectivity index (χ0v) is 12.6. The van der Waals surface area contributed by atoms with Crippen LogP contribution in [0.2, 0.25) is 0 Å². The Kier molecular flexibility index (Phi) is 4.31. The third-order valence-corrected chi connectivity index (χ3v) is 4.50. The number of nitrogens with two attached hydrogens (primary N) is 1. The Labute approximate surface area is 118 Å². The Bertz CT molecular complexity index is 449. The lowest BCUT2D eigenvalue weighted by Crippen LogP contribution is -2.36. The molecule has 0 saturated carbocycles. The number of hydrogen-bond acceptors (Lipinski definition) is 5. The van der Waals surface area contributed by atoms with Gasteiger partial charge in [0.25, 0.3) is 5.91 Å². The normalized spacial score (nSPS) is 17.4. The molecule has 0 bridgehead atoms. The van der Waals surface area contributed by atoms with E-state index in [-0.39, 0.29) is 5.91 Å². The number of nitrogens with one attached hydrogen (secondary N) is 1. The molecule has 1 aliphatic rings. The first-order chi connectivity index (χ1) is 8.97. The van der Waals surface area contributed by atoms with E-state index < -0.39 is 0 Å². The lowest BCUT2D eigenvalue weighted by atomic mass is 10.1. The quantitative estimate of drug-likeness (QED) is 0.883. The molecule has 0 aliphatic carbocycles. The average Bonchev–Trinajstić information content (AvgIpc) is 2.72. The number of hydrogen-bond donors (Lipinski definition) is 2. The lowest BCUT2D eigenvalue weighted by Gasteiger charge is -2.29. The van der Waals surface area contributed by atoms with Crippen molar-refractivity contribution in [3.63, 3.8) is 0 Å². The second kappa shape index (κ2) is 5.79. The molecule has 0 aromatic carbocycles. The van der Waals surface area contributed by atoms with E-state index in [0.717, 1.165) is 30.9 Å². The summed E-state index contributed by atoms with van der Waals surface area (Å²) in [6.45, 7) is 2.23. The zero-order chi connectivity index (χ0) is 14.0. The molecule has 1 amide bonds. The molecule has 2 heterocycles. The number of carbonyl (C=O) groups excluding carboxylic acids is 1. The first-order valence-corrected chi connectivity index (χ1v) is 7.35. The Hall–Kier alpha value is -1.27. The minimum atomic E-state index is -0.0288. The van der Waals surface area contributed by atoms with Gasteiger partial charge in [0.1, 0.15) is 4.88 Å². The molecule has 19 heavy (non-hydrogen) atoms. The summed E-state index contributed by atoms with van der Waals surface area (Å²) in [6, 6.07) is 2.36. The maximum Gasteiger partial charge on any atom is 0.265 e. The van der Waals surface area contributed by atoms with E-state index in [1.54, 1.807) is 19.0 Å². The maximum absolute atomic E-state index is 11.9. The summed E-state index contributed by atoms with van der Waals surface area (Å²) in [7, 11) is 5.63. The second-order valence-electron chi connectivity index (χ2n) is 5.32. The van der Waals surface area contributed by atoms with Gasteiger partial charge in [-0.25, -0.2) is 0 Å². The molecule has 6 heteroatoms. The molecule has 1 fully saturated rings. The monoisotopic (exact) mass is 282 g/mol. The molecule has 2 rings (SSSR count). The van der Waals surface area contributed by atoms with E-state index in [0.29, 0.717) is 16.6 Å². The Morgan fingerprint density at radius 2 is 2.11 bits per heavy atom.